The van der Waals surface area contributed by atoms with E-state index < -0.39 is 30.0 Å². The molecule has 16 nitrogen and oxygen atoms in total. The van der Waals surface area contributed by atoms with Crippen LogP contribution in [0.5, 0.6) is 11.8 Å². The van der Waals surface area contributed by atoms with E-state index in [1.165, 1.54) is 0 Å². The Morgan fingerprint density at radius 1 is 0.682 bits per heavy atom. The third-order valence-corrected chi connectivity index (χ3v) is 6.20. The summed E-state index contributed by atoms with van der Waals surface area (Å²) in [5, 5.41) is 37.5. The predicted octanol–water partition coefficient (Wildman–Crippen LogP) is 3.49. The minimum Gasteiger partial charge on any atom is -0.493 e. The molecule has 0 aliphatic carbocycles. The Kier molecular flexibility index (Phi) is 11.8. The van der Waals surface area contributed by atoms with Crippen molar-refractivity contribution in [2.75, 3.05) is 0 Å². The third kappa shape index (κ3) is 7.87. The van der Waals surface area contributed by atoms with E-state index in [2.05, 4.69) is 32.1 Å². The fourth-order valence-electron chi connectivity index (χ4n) is 4.30. The van der Waals surface area contributed by atoms with Gasteiger partial charge in [0.2, 0.25) is 23.6 Å². The molecular weight excluding hydrogens is 572 g/mol. The molecule has 0 aliphatic heterocycles. The number of nitrogens with zero attached hydrogens (tertiary/aromatic N) is 6. The first-order chi connectivity index (χ1) is 21.2. The van der Waals surface area contributed by atoms with Crippen LogP contribution in [-0.4, -0.2) is 43.0 Å². The minimum atomic E-state index is -0.821. The Labute approximate surface area is 251 Å². The van der Waals surface area contributed by atoms with Crippen molar-refractivity contribution in [3.8, 4) is 11.8 Å². The number of azo groups is 2. The molecule has 2 aromatic heterocycles. The molecule has 0 spiro atoms. The lowest BCUT2D eigenvalue weighted by Gasteiger charge is -2.03. The topological polar surface area (TPSA) is 244 Å². The minimum absolute atomic E-state index is 0.0884. The first kappa shape index (κ1) is 33.0. The number of benzene rings is 2. The van der Waals surface area contributed by atoms with Crippen LogP contribution >= 0.6 is 0 Å². The molecule has 2 heterocycles. The number of rotatable bonds is 10. The zero-order valence-electron chi connectivity index (χ0n) is 24.2. The first-order valence-corrected chi connectivity index (χ1v) is 13.6. The predicted molar refractivity (Wildman–Crippen MR) is 161 cm³/mol. The molecule has 0 atom stereocenters. The number of hydrogen-bond donors (Lipinski definition) is 6. The maximum Gasteiger partial charge on any atom is 0.274 e. The molecule has 44 heavy (non-hydrogen) atoms. The monoisotopic (exact) mass is 606 g/mol. The standard InChI is InChI=1S/C25H26N6O4.C3H8N4O2/c1-3-13-30-18-11-7-5-9-16(18)22(24(30)34)28-26-20(32)15-21(33)27-29-23-17-10-6-8-12-19(17)31(14-4-2)25(23)35;4-6-2(8)1-3(9)7-5/h5-12,34-35H,3-4,13-15H2,1-2H3;1,4-5H2,(H,6,8)(H,7,9). The molecule has 4 amide bonds. The molecule has 8 N–H and O–H groups in total. The highest BCUT2D eigenvalue weighted by molar-refractivity contribution is 5.99. The van der Waals surface area contributed by atoms with E-state index in [1.807, 2.05) is 38.1 Å². The second kappa shape index (κ2) is 15.7. The van der Waals surface area contributed by atoms with Crippen LogP contribution in [0.1, 0.15) is 39.5 Å². The van der Waals surface area contributed by atoms with Gasteiger partial charge in [0.25, 0.3) is 11.8 Å². The summed E-state index contributed by atoms with van der Waals surface area (Å²) in [5.74, 6) is 6.35. The van der Waals surface area contributed by atoms with Gasteiger partial charge in [0.1, 0.15) is 12.8 Å². The number of carbonyl (C=O) groups is 4. The van der Waals surface area contributed by atoms with Gasteiger partial charge in [0.15, 0.2) is 11.4 Å². The van der Waals surface area contributed by atoms with Crippen molar-refractivity contribution < 1.29 is 29.4 Å². The van der Waals surface area contributed by atoms with Crippen LogP contribution in [0, 0.1) is 0 Å². The van der Waals surface area contributed by atoms with Crippen molar-refractivity contribution in [2.45, 2.75) is 52.6 Å². The molecule has 4 rings (SSSR count). The number of hydrazine groups is 2. The van der Waals surface area contributed by atoms with Gasteiger partial charge in [-0.1, -0.05) is 50.2 Å². The van der Waals surface area contributed by atoms with Crippen molar-refractivity contribution in [3.05, 3.63) is 48.5 Å². The highest BCUT2D eigenvalue weighted by Crippen LogP contribution is 2.40. The third-order valence-electron chi connectivity index (χ3n) is 6.20. The van der Waals surface area contributed by atoms with Gasteiger partial charge in [-0.25, -0.2) is 11.7 Å². The lowest BCUT2D eigenvalue weighted by molar-refractivity contribution is -0.130. The van der Waals surface area contributed by atoms with Gasteiger partial charge in [-0.2, -0.15) is 0 Å². The molecule has 16 heteroatoms. The number of amides is 4. The molecule has 4 aromatic rings. The number of nitrogens with two attached hydrogens (primary N) is 2. The largest absolute Gasteiger partial charge is 0.493 e. The average molecular weight is 607 g/mol. The molecule has 0 fully saturated rings. The van der Waals surface area contributed by atoms with E-state index >= 15 is 0 Å². The molecule has 0 saturated carbocycles. The lowest BCUT2D eigenvalue weighted by atomic mass is 10.2. The van der Waals surface area contributed by atoms with E-state index in [4.69, 9.17) is 0 Å². The summed E-state index contributed by atoms with van der Waals surface area (Å²) in [5.41, 5.74) is 5.45. The maximum atomic E-state index is 12.3. The fraction of sp³-hybridized carbons (Fsp3) is 0.286. The Bertz CT molecular complexity index is 1600. The summed E-state index contributed by atoms with van der Waals surface area (Å²) in [6.07, 6.45) is 0.616. The van der Waals surface area contributed by atoms with Crippen LogP contribution in [0.3, 0.4) is 0 Å². The fourth-order valence-corrected chi connectivity index (χ4v) is 4.30. The van der Waals surface area contributed by atoms with Gasteiger partial charge in [0, 0.05) is 23.9 Å². The van der Waals surface area contributed by atoms with Crippen molar-refractivity contribution in [1.82, 2.24) is 20.0 Å². The van der Waals surface area contributed by atoms with Gasteiger partial charge >= 0.3 is 0 Å². The summed E-state index contributed by atoms with van der Waals surface area (Å²) in [7, 11) is 0. The summed E-state index contributed by atoms with van der Waals surface area (Å²) in [6.45, 7) is 5.13. The van der Waals surface area contributed by atoms with Crippen molar-refractivity contribution in [1.29, 1.82) is 0 Å². The molecule has 0 saturated heterocycles. The van der Waals surface area contributed by atoms with E-state index in [0.717, 1.165) is 23.9 Å². The normalized spacial score (nSPS) is 11.2. The highest BCUT2D eigenvalue weighted by atomic mass is 16.3. The number of aryl methyl sites for hydroxylation is 2. The summed E-state index contributed by atoms with van der Waals surface area (Å²) in [4.78, 5) is 45.0. The van der Waals surface area contributed by atoms with E-state index in [1.54, 1.807) is 44.3 Å². The van der Waals surface area contributed by atoms with Crippen LogP contribution in [0.25, 0.3) is 21.8 Å². The van der Waals surface area contributed by atoms with Gasteiger partial charge in [0.05, 0.1) is 11.0 Å². The van der Waals surface area contributed by atoms with Crippen LogP contribution < -0.4 is 22.5 Å². The molecule has 0 aliphatic rings. The van der Waals surface area contributed by atoms with Crippen molar-refractivity contribution >= 4 is 56.8 Å². The number of nitrogens with one attached hydrogen (secondary N) is 2. The van der Waals surface area contributed by atoms with Gasteiger partial charge in [-0.05, 0) is 25.0 Å². The summed E-state index contributed by atoms with van der Waals surface area (Å²) in [6, 6.07) is 14.6. The molecule has 0 radical (unpaired) electrons. The number of aromatic hydroxyl groups is 2. The molecule has 0 bridgehead atoms. The zero-order valence-corrected chi connectivity index (χ0v) is 24.2. The molecule has 2 aromatic carbocycles. The van der Waals surface area contributed by atoms with E-state index in [9.17, 15) is 29.4 Å². The quantitative estimate of drug-likeness (QED) is 0.0511. The Balaban J connectivity index is 0.000000512. The molecule has 0 unspecified atom stereocenters. The van der Waals surface area contributed by atoms with Crippen LogP contribution in [0.4, 0.5) is 11.4 Å². The van der Waals surface area contributed by atoms with Crippen LogP contribution in [0.2, 0.25) is 0 Å². The number of carbonyl (C=O) groups excluding carboxylic acids is 4. The van der Waals surface area contributed by atoms with E-state index in [0.29, 0.717) is 23.9 Å². The molecular formula is C28H34N10O6. The Hall–Kier alpha value is -5.48. The number of hydrogen-bond acceptors (Lipinski definition) is 10. The van der Waals surface area contributed by atoms with Crippen LogP contribution in [-0.2, 0) is 32.3 Å². The van der Waals surface area contributed by atoms with Crippen molar-refractivity contribution in [2.24, 2.45) is 32.1 Å². The van der Waals surface area contributed by atoms with E-state index in [-0.39, 0.29) is 29.6 Å². The van der Waals surface area contributed by atoms with Crippen molar-refractivity contribution in [3.63, 3.8) is 0 Å². The lowest BCUT2D eigenvalue weighted by Crippen LogP contribution is -2.37. The second-order valence-electron chi connectivity index (χ2n) is 9.36. The van der Waals surface area contributed by atoms with Gasteiger partial charge < -0.3 is 19.3 Å². The molecule has 232 valence electrons. The van der Waals surface area contributed by atoms with Gasteiger partial charge in [-0.15, -0.1) is 20.5 Å². The van der Waals surface area contributed by atoms with Crippen LogP contribution in [0.15, 0.2) is 69.0 Å². The van der Waals surface area contributed by atoms with Gasteiger partial charge in [-0.3, -0.25) is 30.0 Å². The second-order valence-corrected chi connectivity index (χ2v) is 9.36. The number of para-hydroxylation sites is 2. The SMILES string of the molecule is CCCn1c(O)c(N=NC(=O)CC(=O)N=Nc2c(O)n(CCC)c3ccccc23)c2ccccc21.NNC(=O)CC(=O)NN. The number of aromatic nitrogens is 2. The zero-order chi connectivity index (χ0) is 32.2. The number of fused-ring (bicyclic) bond motifs is 2. The Morgan fingerprint density at radius 2 is 1.07 bits per heavy atom. The summed E-state index contributed by atoms with van der Waals surface area (Å²) < 4.78 is 3.41. The first-order valence-electron chi connectivity index (χ1n) is 13.6. The smallest absolute Gasteiger partial charge is 0.274 e. The Morgan fingerprint density at radius 3 is 1.43 bits per heavy atom. The average Bonchev–Trinajstić information content (AvgIpc) is 3.44. The maximum absolute atomic E-state index is 12.3. The highest BCUT2D eigenvalue weighted by Gasteiger charge is 2.18. The summed E-state index contributed by atoms with van der Waals surface area (Å²) >= 11 is 0.